The van der Waals surface area contributed by atoms with Gasteiger partial charge in [0.1, 0.15) is 11.6 Å². The summed E-state index contributed by atoms with van der Waals surface area (Å²) in [5, 5.41) is 2.76. The first-order valence-electron chi connectivity index (χ1n) is 8.29. The number of benzene rings is 2. The highest BCUT2D eigenvalue weighted by molar-refractivity contribution is 5.82. The van der Waals surface area contributed by atoms with Crippen LogP contribution in [0.3, 0.4) is 0 Å². The minimum atomic E-state index is -0.100. The van der Waals surface area contributed by atoms with Crippen LogP contribution >= 0.6 is 0 Å². The second kappa shape index (κ2) is 7.88. The lowest BCUT2D eigenvalue weighted by Crippen LogP contribution is -2.30. The number of rotatable bonds is 5. The Morgan fingerprint density at radius 2 is 1.72 bits per heavy atom. The predicted molar refractivity (Wildman–Crippen MR) is 102 cm³/mol. The molecule has 0 aliphatic heterocycles. The van der Waals surface area contributed by atoms with Gasteiger partial charge in [-0.2, -0.15) is 0 Å². The summed E-state index contributed by atoms with van der Waals surface area (Å²) < 4.78 is 5.22. The Morgan fingerprint density at radius 1 is 1.08 bits per heavy atom. The lowest BCUT2D eigenvalue weighted by atomic mass is 9.91. The summed E-state index contributed by atoms with van der Waals surface area (Å²) in [5.74, 6) is 1.15. The second-order valence-corrected chi connectivity index (χ2v) is 6.40. The van der Waals surface area contributed by atoms with Gasteiger partial charge in [-0.25, -0.2) is 0 Å². The second-order valence-electron chi connectivity index (χ2n) is 6.40. The molecule has 132 valence electrons. The van der Waals surface area contributed by atoms with Crippen molar-refractivity contribution in [3.8, 4) is 16.9 Å². The van der Waals surface area contributed by atoms with E-state index >= 15 is 0 Å². The number of carbonyl (C=O) groups is 1. The highest BCUT2D eigenvalue weighted by atomic mass is 16.5. The van der Waals surface area contributed by atoms with Gasteiger partial charge in [-0.05, 0) is 73.2 Å². The van der Waals surface area contributed by atoms with Crippen LogP contribution in [0.2, 0.25) is 0 Å². The number of ether oxygens (including phenoxy) is 1. The molecule has 2 rings (SSSR count). The quantitative estimate of drug-likeness (QED) is 0.870. The Hall–Kier alpha value is -2.75. The van der Waals surface area contributed by atoms with Crippen LogP contribution in [0, 0.1) is 13.8 Å². The fourth-order valence-corrected chi connectivity index (χ4v) is 2.73. The normalized spacial score (nSPS) is 10.3. The maximum Gasteiger partial charge on any atom is 0.229 e. The molecule has 0 aromatic heterocycles. The fourth-order valence-electron chi connectivity index (χ4n) is 2.73. The number of aryl methyl sites for hydroxylation is 1. The van der Waals surface area contributed by atoms with E-state index in [2.05, 4.69) is 24.4 Å². The smallest absolute Gasteiger partial charge is 0.229 e. The largest absolute Gasteiger partial charge is 0.497 e. The van der Waals surface area contributed by atoms with Crippen LogP contribution in [0.15, 0.2) is 47.8 Å². The van der Waals surface area contributed by atoms with Gasteiger partial charge in [-0.1, -0.05) is 24.3 Å². The van der Waals surface area contributed by atoms with Gasteiger partial charge in [0.2, 0.25) is 5.91 Å². The summed E-state index contributed by atoms with van der Waals surface area (Å²) in [4.78, 5) is 12.3. The zero-order chi connectivity index (χ0) is 18.6. The molecule has 0 atom stereocenters. The van der Waals surface area contributed by atoms with Crippen molar-refractivity contribution in [1.82, 2.24) is 5.32 Å². The number of nitrogens with one attached hydrogen (secondary N) is 1. The molecule has 4 nitrogen and oxygen atoms in total. The molecule has 0 heterocycles. The SMILES string of the molecule is COc1ccc(-c2ccc(C)c(CC(=O)NC(N)=C(C)C)c2C)cc1. The Balaban J connectivity index is 2.33. The van der Waals surface area contributed by atoms with Crippen molar-refractivity contribution in [1.29, 1.82) is 0 Å². The van der Waals surface area contributed by atoms with Gasteiger partial charge in [0, 0.05) is 0 Å². The maximum absolute atomic E-state index is 12.3. The Morgan fingerprint density at radius 3 is 2.28 bits per heavy atom. The lowest BCUT2D eigenvalue weighted by Gasteiger charge is -2.15. The van der Waals surface area contributed by atoms with Gasteiger partial charge < -0.3 is 15.8 Å². The molecular weight excluding hydrogens is 312 g/mol. The molecule has 0 saturated carbocycles. The maximum atomic E-state index is 12.3. The molecule has 1 amide bonds. The minimum Gasteiger partial charge on any atom is -0.497 e. The number of amides is 1. The van der Waals surface area contributed by atoms with E-state index in [1.54, 1.807) is 7.11 Å². The standard InChI is InChI=1S/C21H26N2O2/c1-13(2)21(22)23-20(24)12-19-14(3)6-11-18(15(19)4)16-7-9-17(25-5)10-8-16/h6-11H,12,22H2,1-5H3,(H,23,24). The van der Waals surface area contributed by atoms with Crippen LogP contribution in [-0.4, -0.2) is 13.0 Å². The van der Waals surface area contributed by atoms with Gasteiger partial charge in [-0.3, -0.25) is 4.79 Å². The van der Waals surface area contributed by atoms with Crippen molar-refractivity contribution in [3.63, 3.8) is 0 Å². The average Bonchev–Trinajstić information content (AvgIpc) is 2.58. The first-order chi connectivity index (χ1) is 11.8. The van der Waals surface area contributed by atoms with Crippen LogP contribution in [0.5, 0.6) is 5.75 Å². The van der Waals surface area contributed by atoms with Crippen molar-refractivity contribution >= 4 is 5.91 Å². The summed E-state index contributed by atoms with van der Waals surface area (Å²) in [7, 11) is 1.65. The Labute approximate surface area is 149 Å². The van der Waals surface area contributed by atoms with Crippen molar-refractivity contribution in [3.05, 3.63) is 64.5 Å². The third kappa shape index (κ3) is 4.41. The van der Waals surface area contributed by atoms with Crippen molar-refractivity contribution in [2.75, 3.05) is 7.11 Å². The molecule has 2 aromatic carbocycles. The van der Waals surface area contributed by atoms with E-state index < -0.39 is 0 Å². The molecule has 0 aliphatic carbocycles. The van der Waals surface area contributed by atoms with Gasteiger partial charge in [-0.15, -0.1) is 0 Å². The number of hydrogen-bond acceptors (Lipinski definition) is 3. The zero-order valence-corrected chi connectivity index (χ0v) is 15.6. The van der Waals surface area contributed by atoms with Crippen LogP contribution in [-0.2, 0) is 11.2 Å². The molecule has 0 saturated heterocycles. The first-order valence-corrected chi connectivity index (χ1v) is 8.29. The van der Waals surface area contributed by atoms with Gasteiger partial charge in [0.25, 0.3) is 0 Å². The molecule has 25 heavy (non-hydrogen) atoms. The molecule has 2 aromatic rings. The minimum absolute atomic E-state index is 0.100. The summed E-state index contributed by atoms with van der Waals surface area (Å²) >= 11 is 0. The molecule has 3 N–H and O–H groups in total. The summed E-state index contributed by atoms with van der Waals surface area (Å²) in [6.45, 7) is 7.82. The van der Waals surface area contributed by atoms with Crippen molar-refractivity contribution in [2.45, 2.75) is 34.1 Å². The van der Waals surface area contributed by atoms with Crippen LogP contribution in [0.4, 0.5) is 0 Å². The fraction of sp³-hybridized carbons (Fsp3) is 0.286. The van der Waals surface area contributed by atoms with E-state index in [4.69, 9.17) is 10.5 Å². The topological polar surface area (TPSA) is 64.3 Å². The van der Waals surface area contributed by atoms with Crippen LogP contribution in [0.1, 0.15) is 30.5 Å². The number of hydrogen-bond donors (Lipinski definition) is 2. The summed E-state index contributed by atoms with van der Waals surface area (Å²) in [6, 6.07) is 12.1. The molecule has 0 fully saturated rings. The third-order valence-corrected chi connectivity index (χ3v) is 4.38. The lowest BCUT2D eigenvalue weighted by molar-refractivity contribution is -0.119. The predicted octanol–water partition coefficient (Wildman–Crippen LogP) is 3.85. The molecule has 0 aliphatic rings. The molecular formula is C21H26N2O2. The highest BCUT2D eigenvalue weighted by Crippen LogP contribution is 2.29. The van der Waals surface area contributed by atoms with Crippen molar-refractivity contribution in [2.24, 2.45) is 5.73 Å². The van der Waals surface area contributed by atoms with E-state index in [-0.39, 0.29) is 5.91 Å². The highest BCUT2D eigenvalue weighted by Gasteiger charge is 2.13. The Bertz CT molecular complexity index is 801. The summed E-state index contributed by atoms with van der Waals surface area (Å²) in [5.41, 5.74) is 12.2. The van der Waals surface area contributed by atoms with E-state index in [9.17, 15) is 4.79 Å². The van der Waals surface area contributed by atoms with Crippen molar-refractivity contribution < 1.29 is 9.53 Å². The number of allylic oxidation sites excluding steroid dienone is 1. The molecule has 0 unspecified atom stereocenters. The van der Waals surface area contributed by atoms with Crippen LogP contribution in [0.25, 0.3) is 11.1 Å². The first kappa shape index (κ1) is 18.6. The van der Waals surface area contributed by atoms with Gasteiger partial charge in [0.05, 0.1) is 13.5 Å². The van der Waals surface area contributed by atoms with E-state index in [0.29, 0.717) is 12.2 Å². The number of carbonyl (C=O) groups excluding carboxylic acids is 1. The van der Waals surface area contributed by atoms with Gasteiger partial charge >= 0.3 is 0 Å². The molecule has 4 heteroatoms. The average molecular weight is 338 g/mol. The molecule has 0 spiro atoms. The number of methoxy groups -OCH3 is 1. The number of nitrogens with two attached hydrogens (primary N) is 1. The monoisotopic (exact) mass is 338 g/mol. The third-order valence-electron chi connectivity index (χ3n) is 4.38. The summed E-state index contributed by atoms with van der Waals surface area (Å²) in [6.07, 6.45) is 0.301. The van der Waals surface area contributed by atoms with E-state index in [1.165, 1.54) is 0 Å². The Kier molecular flexibility index (Phi) is 5.86. The van der Waals surface area contributed by atoms with Crippen LogP contribution < -0.4 is 15.8 Å². The van der Waals surface area contributed by atoms with E-state index in [0.717, 1.165) is 39.1 Å². The zero-order valence-electron chi connectivity index (χ0n) is 15.6. The molecule has 0 radical (unpaired) electrons. The van der Waals surface area contributed by atoms with E-state index in [1.807, 2.05) is 45.0 Å². The molecule has 0 bridgehead atoms. The van der Waals surface area contributed by atoms with Gasteiger partial charge in [0.15, 0.2) is 0 Å².